The van der Waals surface area contributed by atoms with E-state index in [4.69, 9.17) is 4.74 Å². The Kier molecular flexibility index (Phi) is 4.24. The second kappa shape index (κ2) is 6.69. The molecule has 3 aromatic rings. The van der Waals surface area contributed by atoms with Gasteiger partial charge in [0.15, 0.2) is 0 Å². The highest BCUT2D eigenvalue weighted by molar-refractivity contribution is 7.10. The number of hydrogen-bond donors (Lipinski definition) is 1. The van der Waals surface area contributed by atoms with Gasteiger partial charge in [-0.2, -0.15) is 0 Å². The number of para-hydroxylation sites is 1. The Bertz CT molecular complexity index is 921. The lowest BCUT2D eigenvalue weighted by Gasteiger charge is -2.24. The Labute approximate surface area is 149 Å². The summed E-state index contributed by atoms with van der Waals surface area (Å²) < 4.78 is 19.3. The van der Waals surface area contributed by atoms with Crippen LogP contribution in [0.2, 0.25) is 0 Å². The van der Waals surface area contributed by atoms with E-state index in [1.807, 2.05) is 41.8 Å². The van der Waals surface area contributed by atoms with Gasteiger partial charge in [0.2, 0.25) is 5.91 Å². The number of thiophene rings is 1. The van der Waals surface area contributed by atoms with Crippen LogP contribution in [0.1, 0.15) is 28.3 Å². The molecule has 1 aromatic heterocycles. The number of carbonyl (C=O) groups is 1. The van der Waals surface area contributed by atoms with E-state index in [2.05, 4.69) is 5.32 Å². The summed E-state index contributed by atoms with van der Waals surface area (Å²) in [5.41, 5.74) is 2.64. The van der Waals surface area contributed by atoms with Crippen molar-refractivity contribution in [1.82, 2.24) is 0 Å². The SMILES string of the molecule is O=C1CC(c2ccccc2OCc2cccc(F)c2)c2sccc2N1. The molecule has 1 aliphatic heterocycles. The molecule has 5 heteroatoms. The van der Waals surface area contributed by atoms with E-state index in [1.165, 1.54) is 12.1 Å². The van der Waals surface area contributed by atoms with E-state index in [0.717, 1.165) is 27.4 Å². The highest BCUT2D eigenvalue weighted by Crippen LogP contribution is 2.43. The highest BCUT2D eigenvalue weighted by Gasteiger charge is 2.29. The first kappa shape index (κ1) is 15.8. The van der Waals surface area contributed by atoms with Crippen LogP contribution in [-0.4, -0.2) is 5.91 Å². The lowest BCUT2D eigenvalue weighted by Crippen LogP contribution is -2.22. The van der Waals surface area contributed by atoms with Gasteiger partial charge in [-0.1, -0.05) is 30.3 Å². The summed E-state index contributed by atoms with van der Waals surface area (Å²) in [5.74, 6) is 0.440. The number of amides is 1. The van der Waals surface area contributed by atoms with Crippen molar-refractivity contribution >= 4 is 22.9 Å². The van der Waals surface area contributed by atoms with Gasteiger partial charge in [-0.15, -0.1) is 11.3 Å². The number of carbonyl (C=O) groups excluding carboxylic acids is 1. The zero-order chi connectivity index (χ0) is 17.2. The Morgan fingerprint density at radius 3 is 2.92 bits per heavy atom. The number of fused-ring (bicyclic) bond motifs is 1. The van der Waals surface area contributed by atoms with Crippen LogP contribution in [-0.2, 0) is 11.4 Å². The molecule has 1 amide bonds. The average molecular weight is 353 g/mol. The smallest absolute Gasteiger partial charge is 0.225 e. The monoisotopic (exact) mass is 353 g/mol. The van der Waals surface area contributed by atoms with Crippen LogP contribution in [0, 0.1) is 5.82 Å². The van der Waals surface area contributed by atoms with E-state index in [0.29, 0.717) is 6.42 Å². The molecule has 126 valence electrons. The minimum atomic E-state index is -0.276. The molecule has 0 fully saturated rings. The van der Waals surface area contributed by atoms with Gasteiger partial charge in [-0.05, 0) is 35.2 Å². The summed E-state index contributed by atoms with van der Waals surface area (Å²) in [6, 6.07) is 16.1. The summed E-state index contributed by atoms with van der Waals surface area (Å²) in [4.78, 5) is 13.2. The molecule has 25 heavy (non-hydrogen) atoms. The molecular formula is C20H16FNO2S. The van der Waals surface area contributed by atoms with Gasteiger partial charge in [0.1, 0.15) is 18.2 Å². The maximum Gasteiger partial charge on any atom is 0.225 e. The topological polar surface area (TPSA) is 38.3 Å². The molecule has 0 aliphatic carbocycles. The van der Waals surface area contributed by atoms with Crippen molar-refractivity contribution in [3.05, 3.63) is 81.8 Å². The van der Waals surface area contributed by atoms with E-state index in [9.17, 15) is 9.18 Å². The molecular weight excluding hydrogens is 337 g/mol. The average Bonchev–Trinajstić information content (AvgIpc) is 3.08. The van der Waals surface area contributed by atoms with E-state index in [-0.39, 0.29) is 24.2 Å². The highest BCUT2D eigenvalue weighted by atomic mass is 32.1. The number of ether oxygens (including phenoxy) is 1. The van der Waals surface area contributed by atoms with Crippen molar-refractivity contribution in [1.29, 1.82) is 0 Å². The first-order valence-corrected chi connectivity index (χ1v) is 8.92. The van der Waals surface area contributed by atoms with Crippen molar-refractivity contribution in [2.75, 3.05) is 5.32 Å². The third-order valence-electron chi connectivity index (χ3n) is 4.25. The molecule has 0 saturated carbocycles. The zero-order valence-electron chi connectivity index (χ0n) is 13.4. The molecule has 0 bridgehead atoms. The third kappa shape index (κ3) is 3.28. The summed E-state index contributed by atoms with van der Waals surface area (Å²) >= 11 is 1.64. The Hall–Kier alpha value is -2.66. The lowest BCUT2D eigenvalue weighted by atomic mass is 9.90. The Morgan fingerprint density at radius 2 is 2.04 bits per heavy atom. The van der Waals surface area contributed by atoms with Crippen LogP contribution in [0.3, 0.4) is 0 Å². The van der Waals surface area contributed by atoms with E-state index >= 15 is 0 Å². The van der Waals surface area contributed by atoms with Crippen LogP contribution in [0.5, 0.6) is 5.75 Å². The van der Waals surface area contributed by atoms with Crippen LogP contribution >= 0.6 is 11.3 Å². The Balaban J connectivity index is 1.63. The molecule has 0 radical (unpaired) electrons. The van der Waals surface area contributed by atoms with Crippen LogP contribution in [0.4, 0.5) is 10.1 Å². The van der Waals surface area contributed by atoms with Gasteiger partial charge in [0, 0.05) is 22.8 Å². The number of halogens is 1. The maximum atomic E-state index is 13.3. The predicted octanol–water partition coefficient (Wildman–Crippen LogP) is 4.94. The van der Waals surface area contributed by atoms with Gasteiger partial charge < -0.3 is 10.1 Å². The molecule has 0 spiro atoms. The summed E-state index contributed by atoms with van der Waals surface area (Å²) in [6.07, 6.45) is 0.397. The van der Waals surface area contributed by atoms with Crippen LogP contribution in [0.25, 0.3) is 0 Å². The van der Waals surface area contributed by atoms with Crippen molar-refractivity contribution in [2.24, 2.45) is 0 Å². The number of benzene rings is 2. The van der Waals surface area contributed by atoms with Crippen molar-refractivity contribution in [3.8, 4) is 5.75 Å². The molecule has 3 nitrogen and oxygen atoms in total. The molecule has 2 aromatic carbocycles. The van der Waals surface area contributed by atoms with E-state index in [1.54, 1.807) is 17.4 Å². The molecule has 1 aliphatic rings. The van der Waals surface area contributed by atoms with Crippen LogP contribution < -0.4 is 10.1 Å². The largest absolute Gasteiger partial charge is 0.489 e. The fourth-order valence-corrected chi connectivity index (χ4v) is 4.08. The quantitative estimate of drug-likeness (QED) is 0.721. The zero-order valence-corrected chi connectivity index (χ0v) is 14.2. The predicted molar refractivity (Wildman–Crippen MR) is 96.6 cm³/mol. The number of hydrogen-bond acceptors (Lipinski definition) is 3. The summed E-state index contributed by atoms with van der Waals surface area (Å²) in [7, 11) is 0. The maximum absolute atomic E-state index is 13.3. The molecule has 2 heterocycles. The number of anilines is 1. The van der Waals surface area contributed by atoms with Gasteiger partial charge in [-0.25, -0.2) is 4.39 Å². The standard InChI is InChI=1S/C20H16FNO2S/c21-14-5-3-4-13(10-14)12-24-18-7-2-1-6-15(18)16-11-19(23)22-17-8-9-25-20(16)17/h1-10,16H,11-12H2,(H,22,23). The summed E-state index contributed by atoms with van der Waals surface area (Å²) in [5, 5.41) is 4.90. The molecule has 1 N–H and O–H groups in total. The molecule has 4 rings (SSSR count). The van der Waals surface area contributed by atoms with Gasteiger partial charge >= 0.3 is 0 Å². The van der Waals surface area contributed by atoms with Crippen molar-refractivity contribution in [3.63, 3.8) is 0 Å². The van der Waals surface area contributed by atoms with E-state index < -0.39 is 0 Å². The molecule has 1 atom stereocenters. The van der Waals surface area contributed by atoms with Crippen molar-refractivity contribution < 1.29 is 13.9 Å². The summed E-state index contributed by atoms with van der Waals surface area (Å²) in [6.45, 7) is 0.283. The van der Waals surface area contributed by atoms with Gasteiger partial charge in [0.25, 0.3) is 0 Å². The molecule has 1 unspecified atom stereocenters. The second-order valence-electron chi connectivity index (χ2n) is 5.96. The fourth-order valence-electron chi connectivity index (χ4n) is 3.11. The first-order valence-electron chi connectivity index (χ1n) is 8.04. The fraction of sp³-hybridized carbons (Fsp3) is 0.150. The normalized spacial score (nSPS) is 16.2. The van der Waals surface area contributed by atoms with Gasteiger partial charge in [-0.3, -0.25) is 4.79 Å². The third-order valence-corrected chi connectivity index (χ3v) is 5.28. The van der Waals surface area contributed by atoms with Crippen molar-refractivity contribution in [2.45, 2.75) is 18.9 Å². The second-order valence-corrected chi connectivity index (χ2v) is 6.91. The minimum Gasteiger partial charge on any atom is -0.489 e. The van der Waals surface area contributed by atoms with Crippen LogP contribution in [0.15, 0.2) is 60.0 Å². The first-order chi connectivity index (χ1) is 12.2. The lowest BCUT2D eigenvalue weighted by molar-refractivity contribution is -0.116. The number of rotatable bonds is 4. The minimum absolute atomic E-state index is 0.0100. The Morgan fingerprint density at radius 1 is 1.16 bits per heavy atom. The molecule has 0 saturated heterocycles. The number of nitrogens with one attached hydrogen (secondary N) is 1. The van der Waals surface area contributed by atoms with Gasteiger partial charge in [0.05, 0.1) is 5.69 Å².